The van der Waals surface area contributed by atoms with Crippen molar-refractivity contribution in [3.05, 3.63) is 47.8 Å². The van der Waals surface area contributed by atoms with Crippen molar-refractivity contribution in [3.8, 4) is 11.4 Å². The van der Waals surface area contributed by atoms with Crippen LogP contribution >= 0.6 is 12.4 Å². The average Bonchev–Trinajstić information content (AvgIpc) is 2.81. The van der Waals surface area contributed by atoms with Crippen LogP contribution in [0.1, 0.15) is 43.4 Å². The second kappa shape index (κ2) is 9.63. The van der Waals surface area contributed by atoms with Gasteiger partial charge in [0.1, 0.15) is 5.60 Å². The van der Waals surface area contributed by atoms with Crippen molar-refractivity contribution in [2.75, 3.05) is 32.8 Å². The van der Waals surface area contributed by atoms with E-state index in [4.69, 9.17) is 9.72 Å². The number of amides is 1. The third-order valence-electron chi connectivity index (χ3n) is 6.86. The van der Waals surface area contributed by atoms with E-state index in [1.165, 1.54) is 12.0 Å². The summed E-state index contributed by atoms with van der Waals surface area (Å²) in [5.41, 5.74) is 2.86. The Bertz CT molecular complexity index is 894. The summed E-state index contributed by atoms with van der Waals surface area (Å²) in [5.74, 6) is 1.53. The van der Waals surface area contributed by atoms with Crippen LogP contribution in [0.15, 0.2) is 36.5 Å². The maximum Gasteiger partial charge on any atom is 0.222 e. The fourth-order valence-corrected chi connectivity index (χ4v) is 5.11. The highest BCUT2D eigenvalue weighted by Gasteiger charge is 2.43. The number of fused-ring (bicyclic) bond motifs is 2. The fraction of sp³-hybridized carbons (Fsp3) is 0.542. The van der Waals surface area contributed by atoms with Crippen LogP contribution in [0.5, 0.6) is 0 Å². The second-order valence-electron chi connectivity index (χ2n) is 8.82. The molecule has 4 heterocycles. The smallest absolute Gasteiger partial charge is 0.222 e. The molecule has 3 aliphatic rings. The fourth-order valence-electron chi connectivity index (χ4n) is 5.11. The molecule has 0 saturated carbocycles. The van der Waals surface area contributed by atoms with Crippen molar-refractivity contribution >= 4 is 18.3 Å². The molecule has 31 heavy (non-hydrogen) atoms. The minimum atomic E-state index is -0.386. The molecule has 3 aliphatic heterocycles. The second-order valence-corrected chi connectivity index (χ2v) is 8.82. The first-order valence-corrected chi connectivity index (χ1v) is 11.3. The molecule has 6 nitrogen and oxygen atoms in total. The summed E-state index contributed by atoms with van der Waals surface area (Å²) in [4.78, 5) is 24.5. The summed E-state index contributed by atoms with van der Waals surface area (Å²) in [6, 6.07) is 10.1. The highest BCUT2D eigenvalue weighted by atomic mass is 35.5. The summed E-state index contributed by atoms with van der Waals surface area (Å²) in [6.07, 6.45) is 7.44. The number of ether oxygens (including phenoxy) is 1. The van der Waals surface area contributed by atoms with Crippen molar-refractivity contribution in [2.45, 2.75) is 44.1 Å². The van der Waals surface area contributed by atoms with Gasteiger partial charge in [0.25, 0.3) is 0 Å². The Hall–Kier alpha value is -2.02. The number of hydrogen-bond donors (Lipinski definition) is 1. The van der Waals surface area contributed by atoms with Crippen LogP contribution in [0.3, 0.4) is 0 Å². The van der Waals surface area contributed by atoms with Gasteiger partial charge in [-0.05, 0) is 56.7 Å². The maximum absolute atomic E-state index is 12.9. The molecule has 2 saturated heterocycles. The first-order valence-electron chi connectivity index (χ1n) is 11.3. The first kappa shape index (κ1) is 22.2. The lowest BCUT2D eigenvalue weighted by Crippen LogP contribution is -2.49. The zero-order valence-electron chi connectivity index (χ0n) is 17.9. The molecular formula is C24H31ClN4O2. The molecule has 5 rings (SSSR count). The van der Waals surface area contributed by atoms with E-state index in [-0.39, 0.29) is 18.0 Å². The number of piperidine rings is 2. The van der Waals surface area contributed by atoms with Gasteiger partial charge in [0.05, 0.1) is 12.3 Å². The van der Waals surface area contributed by atoms with Crippen molar-refractivity contribution in [1.82, 2.24) is 20.2 Å². The Morgan fingerprint density at radius 1 is 1.23 bits per heavy atom. The molecule has 0 radical (unpaired) electrons. The van der Waals surface area contributed by atoms with E-state index in [0.717, 1.165) is 68.9 Å². The van der Waals surface area contributed by atoms with Gasteiger partial charge in [-0.25, -0.2) is 9.97 Å². The van der Waals surface area contributed by atoms with E-state index >= 15 is 0 Å². The molecule has 1 atom stereocenters. The number of halogens is 1. The van der Waals surface area contributed by atoms with E-state index in [9.17, 15) is 4.79 Å². The molecule has 1 aromatic carbocycles. The minimum Gasteiger partial charge on any atom is -0.368 e. The Morgan fingerprint density at radius 3 is 2.77 bits per heavy atom. The molecule has 1 aromatic heterocycles. The van der Waals surface area contributed by atoms with Crippen LogP contribution in [0.25, 0.3) is 11.4 Å². The van der Waals surface area contributed by atoms with Crippen molar-refractivity contribution in [3.63, 3.8) is 0 Å². The SMILES string of the molecule is Cl.O=C(CC1CCCNC1)N1CCC2(CC1)OCCc1cnc(-c3ccccc3)nc12. The molecule has 2 aromatic rings. The lowest BCUT2D eigenvalue weighted by Gasteiger charge is -2.44. The van der Waals surface area contributed by atoms with Gasteiger partial charge in [-0.3, -0.25) is 4.79 Å². The summed E-state index contributed by atoms with van der Waals surface area (Å²) >= 11 is 0. The third-order valence-corrected chi connectivity index (χ3v) is 6.86. The highest BCUT2D eigenvalue weighted by Crippen LogP contribution is 2.41. The van der Waals surface area contributed by atoms with Crippen LogP contribution in [-0.4, -0.2) is 53.6 Å². The van der Waals surface area contributed by atoms with Crippen LogP contribution in [0.2, 0.25) is 0 Å². The van der Waals surface area contributed by atoms with Gasteiger partial charge < -0.3 is 15.0 Å². The Balaban J connectivity index is 0.00000231. The number of carbonyl (C=O) groups is 1. The van der Waals surface area contributed by atoms with E-state index in [2.05, 4.69) is 10.3 Å². The summed E-state index contributed by atoms with van der Waals surface area (Å²) < 4.78 is 6.36. The topological polar surface area (TPSA) is 67.4 Å². The molecule has 0 bridgehead atoms. The van der Waals surface area contributed by atoms with E-state index < -0.39 is 0 Å². The lowest BCUT2D eigenvalue weighted by atomic mass is 9.83. The third kappa shape index (κ3) is 4.61. The molecule has 1 amide bonds. The van der Waals surface area contributed by atoms with Crippen LogP contribution < -0.4 is 5.32 Å². The normalized spacial score (nSPS) is 22.5. The number of hydrogen-bond acceptors (Lipinski definition) is 5. The number of likely N-dealkylation sites (tertiary alicyclic amines) is 1. The quantitative estimate of drug-likeness (QED) is 0.789. The molecule has 1 unspecified atom stereocenters. The highest BCUT2D eigenvalue weighted by molar-refractivity contribution is 5.85. The van der Waals surface area contributed by atoms with Crippen LogP contribution in [0.4, 0.5) is 0 Å². The number of aromatic nitrogens is 2. The predicted molar refractivity (Wildman–Crippen MR) is 122 cm³/mol. The number of carbonyl (C=O) groups excluding carboxylic acids is 1. The number of nitrogens with zero attached hydrogens (tertiary/aromatic N) is 3. The summed E-state index contributed by atoms with van der Waals surface area (Å²) in [7, 11) is 0. The zero-order valence-corrected chi connectivity index (χ0v) is 18.7. The zero-order chi connectivity index (χ0) is 20.4. The van der Waals surface area contributed by atoms with Gasteiger partial charge >= 0.3 is 0 Å². The van der Waals surface area contributed by atoms with Gasteiger partial charge in [-0.2, -0.15) is 0 Å². The van der Waals surface area contributed by atoms with Gasteiger partial charge in [0.2, 0.25) is 5.91 Å². The molecule has 1 spiro atoms. The first-order chi connectivity index (χ1) is 14.7. The van der Waals surface area contributed by atoms with Crippen LogP contribution in [0, 0.1) is 5.92 Å². The van der Waals surface area contributed by atoms with Crippen LogP contribution in [-0.2, 0) is 21.6 Å². The molecule has 7 heteroatoms. The van der Waals surface area contributed by atoms with Crippen molar-refractivity contribution < 1.29 is 9.53 Å². The number of nitrogens with one attached hydrogen (secondary N) is 1. The van der Waals surface area contributed by atoms with Crippen molar-refractivity contribution in [1.29, 1.82) is 0 Å². The molecule has 0 aliphatic carbocycles. The summed E-state index contributed by atoms with van der Waals surface area (Å²) in [5, 5.41) is 3.41. The maximum atomic E-state index is 12.9. The van der Waals surface area contributed by atoms with Gasteiger partial charge in [0, 0.05) is 31.3 Å². The molecular weight excluding hydrogens is 412 g/mol. The van der Waals surface area contributed by atoms with E-state index in [0.29, 0.717) is 24.9 Å². The monoisotopic (exact) mass is 442 g/mol. The average molecular weight is 443 g/mol. The van der Waals surface area contributed by atoms with Crippen molar-refractivity contribution in [2.24, 2.45) is 5.92 Å². The van der Waals surface area contributed by atoms with Gasteiger partial charge in [-0.15, -0.1) is 12.4 Å². The largest absolute Gasteiger partial charge is 0.368 e. The predicted octanol–water partition coefficient (Wildman–Crippen LogP) is 3.35. The Labute approximate surface area is 190 Å². The lowest BCUT2D eigenvalue weighted by molar-refractivity contribution is -0.142. The molecule has 166 valence electrons. The summed E-state index contributed by atoms with van der Waals surface area (Å²) in [6.45, 7) is 4.23. The van der Waals surface area contributed by atoms with E-state index in [1.807, 2.05) is 41.4 Å². The molecule has 1 N–H and O–H groups in total. The standard InChI is InChI=1S/C24H30N4O2.ClH/c29-21(15-18-5-4-11-25-16-18)28-12-9-24(10-13-28)22-20(8-14-30-24)17-26-23(27-22)19-6-2-1-3-7-19;/h1-3,6-7,17-18,25H,4-5,8-16H2;1H. The minimum absolute atomic E-state index is 0. The van der Waals surface area contributed by atoms with Gasteiger partial charge in [0.15, 0.2) is 5.82 Å². The molecule has 2 fully saturated rings. The number of rotatable bonds is 3. The number of benzene rings is 1. The Kier molecular flexibility index (Phi) is 6.89. The van der Waals surface area contributed by atoms with Gasteiger partial charge in [-0.1, -0.05) is 30.3 Å². The van der Waals surface area contributed by atoms with E-state index in [1.54, 1.807) is 0 Å². The Morgan fingerprint density at radius 2 is 2.03 bits per heavy atom.